The van der Waals surface area contributed by atoms with Gasteiger partial charge in [-0.15, -0.1) is 0 Å². The predicted octanol–water partition coefficient (Wildman–Crippen LogP) is 3.88. The summed E-state index contributed by atoms with van der Waals surface area (Å²) in [6.07, 6.45) is -0.113. The Morgan fingerprint density at radius 3 is 2.58 bits per heavy atom. The van der Waals surface area contributed by atoms with Crippen molar-refractivity contribution >= 4 is 27.7 Å². The van der Waals surface area contributed by atoms with E-state index in [1.54, 1.807) is 30.3 Å². The van der Waals surface area contributed by atoms with Crippen molar-refractivity contribution in [2.45, 2.75) is 18.9 Å². The lowest BCUT2D eigenvalue weighted by atomic mass is 10.0. The first kappa shape index (κ1) is 20.2. The molecule has 0 saturated carbocycles. The topological polar surface area (TPSA) is 88.0 Å². The van der Waals surface area contributed by atoms with Gasteiger partial charge in [-0.05, 0) is 54.8 Å². The van der Waals surface area contributed by atoms with Crippen LogP contribution in [0.1, 0.15) is 24.5 Å². The lowest BCUT2D eigenvalue weighted by Crippen LogP contribution is -2.18. The van der Waals surface area contributed by atoms with Gasteiger partial charge in [0, 0.05) is 16.8 Å². The normalized spacial score (nSPS) is 11.7. The van der Waals surface area contributed by atoms with Gasteiger partial charge >= 0.3 is 6.09 Å². The number of anilines is 1. The number of benzene rings is 2. The molecular formula is C19H22BrNO5. The van der Waals surface area contributed by atoms with Crippen LogP contribution in [-0.2, 0) is 4.74 Å². The quantitative estimate of drug-likeness (QED) is 0.569. The largest absolute Gasteiger partial charge is 0.491 e. The van der Waals surface area contributed by atoms with Gasteiger partial charge in [0.15, 0.2) is 0 Å². The Morgan fingerprint density at radius 2 is 1.88 bits per heavy atom. The van der Waals surface area contributed by atoms with Gasteiger partial charge in [-0.2, -0.15) is 0 Å². The van der Waals surface area contributed by atoms with E-state index in [0.29, 0.717) is 24.3 Å². The number of rotatable bonds is 9. The minimum atomic E-state index is -0.572. The third kappa shape index (κ3) is 6.67. The second-order valence-corrected chi connectivity index (χ2v) is 6.45. The monoisotopic (exact) mass is 423 g/mol. The second-order valence-electron chi connectivity index (χ2n) is 5.54. The van der Waals surface area contributed by atoms with Gasteiger partial charge in [-0.25, -0.2) is 4.79 Å². The van der Waals surface area contributed by atoms with Crippen LogP contribution in [-0.4, -0.2) is 36.1 Å². The second kappa shape index (κ2) is 10.8. The third-order valence-electron chi connectivity index (χ3n) is 3.55. The molecule has 0 aliphatic rings. The molecule has 2 aromatic carbocycles. The molecule has 2 aromatic rings. The van der Waals surface area contributed by atoms with E-state index >= 15 is 0 Å². The zero-order valence-corrected chi connectivity index (χ0v) is 15.8. The summed E-state index contributed by atoms with van der Waals surface area (Å²) in [5, 5.41) is 20.7. The maximum absolute atomic E-state index is 12.2. The first-order chi connectivity index (χ1) is 12.6. The molecule has 0 heterocycles. The highest BCUT2D eigenvalue weighted by molar-refractivity contribution is 9.10. The number of hydrogen-bond donors (Lipinski definition) is 3. The summed E-state index contributed by atoms with van der Waals surface area (Å²) >= 11 is 3.34. The van der Waals surface area contributed by atoms with Crippen molar-refractivity contribution < 1.29 is 24.5 Å². The maximum atomic E-state index is 12.2. The smallest absolute Gasteiger partial charge is 0.412 e. The molecule has 0 spiro atoms. The number of carbonyl (C=O) groups excluding carboxylic acids is 1. The van der Waals surface area contributed by atoms with E-state index in [-0.39, 0.29) is 19.8 Å². The fraction of sp³-hybridized carbons (Fsp3) is 0.316. The molecule has 3 N–H and O–H groups in total. The van der Waals surface area contributed by atoms with Gasteiger partial charge in [0.2, 0.25) is 0 Å². The van der Waals surface area contributed by atoms with E-state index in [1.165, 1.54) is 0 Å². The van der Waals surface area contributed by atoms with Crippen molar-refractivity contribution in [1.82, 2.24) is 0 Å². The number of nitrogens with one attached hydrogen (secondary N) is 1. The number of aliphatic hydroxyl groups excluding tert-OH is 2. The Hall–Kier alpha value is -2.09. The summed E-state index contributed by atoms with van der Waals surface area (Å²) in [6.45, 7) is 0.120. The number of aliphatic hydroxyl groups is 2. The summed E-state index contributed by atoms with van der Waals surface area (Å²) < 4.78 is 11.9. The van der Waals surface area contributed by atoms with Crippen LogP contribution in [0.15, 0.2) is 53.0 Å². The maximum Gasteiger partial charge on any atom is 0.412 e. The SMILES string of the molecule is O=C(Nc1ccc(Br)cc1)O[C@H](CCCO)c1cccc(OCCO)c1. The highest BCUT2D eigenvalue weighted by Crippen LogP contribution is 2.27. The molecule has 2 rings (SSSR count). The number of hydrogen-bond acceptors (Lipinski definition) is 5. The van der Waals surface area contributed by atoms with Crippen molar-refractivity contribution in [1.29, 1.82) is 0 Å². The zero-order valence-electron chi connectivity index (χ0n) is 14.2. The summed E-state index contributed by atoms with van der Waals surface area (Å²) in [7, 11) is 0. The molecule has 7 heteroatoms. The Bertz CT molecular complexity index is 693. The molecule has 26 heavy (non-hydrogen) atoms. The van der Waals surface area contributed by atoms with Crippen molar-refractivity contribution in [2.75, 3.05) is 25.1 Å². The van der Waals surface area contributed by atoms with Crippen LogP contribution in [0.5, 0.6) is 5.75 Å². The van der Waals surface area contributed by atoms with E-state index < -0.39 is 12.2 Å². The summed E-state index contributed by atoms with van der Waals surface area (Å²) in [4.78, 5) is 12.2. The highest BCUT2D eigenvalue weighted by atomic mass is 79.9. The number of amides is 1. The van der Waals surface area contributed by atoms with Crippen LogP contribution in [0.3, 0.4) is 0 Å². The molecule has 0 unspecified atom stereocenters. The average molecular weight is 424 g/mol. The van der Waals surface area contributed by atoms with Gasteiger partial charge in [0.25, 0.3) is 0 Å². The Kier molecular flexibility index (Phi) is 8.40. The van der Waals surface area contributed by atoms with E-state index in [2.05, 4.69) is 21.2 Å². The standard InChI is InChI=1S/C19H22BrNO5/c20-15-6-8-16(9-7-15)21-19(24)26-18(5-2-10-22)14-3-1-4-17(13-14)25-12-11-23/h1,3-4,6-9,13,18,22-23H,2,5,10-12H2,(H,21,24)/t18-/m1/s1. The summed E-state index contributed by atoms with van der Waals surface area (Å²) in [6, 6.07) is 14.3. The minimum Gasteiger partial charge on any atom is -0.491 e. The number of carbonyl (C=O) groups is 1. The van der Waals surface area contributed by atoms with Crippen LogP contribution in [0.2, 0.25) is 0 Å². The lowest BCUT2D eigenvalue weighted by Gasteiger charge is -2.19. The molecule has 0 fully saturated rings. The Labute approximate surface area is 160 Å². The van der Waals surface area contributed by atoms with E-state index in [1.807, 2.05) is 18.2 Å². The zero-order chi connectivity index (χ0) is 18.8. The van der Waals surface area contributed by atoms with Gasteiger partial charge in [-0.3, -0.25) is 5.32 Å². The molecule has 0 aromatic heterocycles. The average Bonchev–Trinajstić information content (AvgIpc) is 2.65. The fourth-order valence-electron chi connectivity index (χ4n) is 2.35. The van der Waals surface area contributed by atoms with Crippen molar-refractivity contribution in [3.05, 3.63) is 58.6 Å². The van der Waals surface area contributed by atoms with Gasteiger partial charge in [0.1, 0.15) is 18.5 Å². The van der Waals surface area contributed by atoms with Gasteiger partial charge < -0.3 is 19.7 Å². The predicted molar refractivity (Wildman–Crippen MR) is 102 cm³/mol. The van der Waals surface area contributed by atoms with E-state index in [4.69, 9.17) is 19.7 Å². The Morgan fingerprint density at radius 1 is 1.12 bits per heavy atom. The molecule has 1 amide bonds. The molecule has 6 nitrogen and oxygen atoms in total. The summed E-state index contributed by atoms with van der Waals surface area (Å²) in [5.41, 5.74) is 1.39. The fourth-order valence-corrected chi connectivity index (χ4v) is 2.61. The summed E-state index contributed by atoms with van der Waals surface area (Å²) in [5.74, 6) is 0.586. The third-order valence-corrected chi connectivity index (χ3v) is 4.08. The lowest BCUT2D eigenvalue weighted by molar-refractivity contribution is 0.0992. The van der Waals surface area contributed by atoms with Crippen LogP contribution >= 0.6 is 15.9 Å². The van der Waals surface area contributed by atoms with Crippen molar-refractivity contribution in [3.8, 4) is 5.75 Å². The van der Waals surface area contributed by atoms with Crippen LogP contribution in [0, 0.1) is 0 Å². The number of halogens is 1. The first-order valence-electron chi connectivity index (χ1n) is 8.30. The van der Waals surface area contributed by atoms with Crippen LogP contribution in [0.4, 0.5) is 10.5 Å². The van der Waals surface area contributed by atoms with Crippen LogP contribution in [0.25, 0.3) is 0 Å². The van der Waals surface area contributed by atoms with Gasteiger partial charge in [0.05, 0.1) is 6.61 Å². The molecular weight excluding hydrogens is 402 g/mol. The Balaban J connectivity index is 2.06. The molecule has 1 atom stereocenters. The highest BCUT2D eigenvalue weighted by Gasteiger charge is 2.17. The first-order valence-corrected chi connectivity index (χ1v) is 9.09. The molecule has 0 saturated heterocycles. The molecule has 0 aliphatic carbocycles. The van der Waals surface area contributed by atoms with Gasteiger partial charge in [-0.1, -0.05) is 28.1 Å². The molecule has 0 bridgehead atoms. The van der Waals surface area contributed by atoms with E-state index in [0.717, 1.165) is 10.0 Å². The van der Waals surface area contributed by atoms with Crippen molar-refractivity contribution in [2.24, 2.45) is 0 Å². The minimum absolute atomic E-state index is 0.00882. The van der Waals surface area contributed by atoms with Crippen LogP contribution < -0.4 is 10.1 Å². The number of ether oxygens (including phenoxy) is 2. The van der Waals surface area contributed by atoms with Crippen molar-refractivity contribution in [3.63, 3.8) is 0 Å². The molecule has 0 aliphatic heterocycles. The molecule has 0 radical (unpaired) electrons. The van der Waals surface area contributed by atoms with E-state index in [9.17, 15) is 4.79 Å². The molecule has 140 valence electrons.